The Bertz CT molecular complexity index is 1340. The Morgan fingerprint density at radius 1 is 1.00 bits per heavy atom. The highest BCUT2D eigenvalue weighted by Gasteiger charge is 2.31. The molecule has 1 aliphatic rings. The van der Waals surface area contributed by atoms with E-state index in [1.54, 1.807) is 19.2 Å². The summed E-state index contributed by atoms with van der Waals surface area (Å²) in [4.78, 5) is 11.4. The summed E-state index contributed by atoms with van der Waals surface area (Å²) in [5, 5.41) is 15.5. The van der Waals surface area contributed by atoms with Crippen LogP contribution in [0.2, 0.25) is 0 Å². The van der Waals surface area contributed by atoms with Crippen LogP contribution in [0.1, 0.15) is 39.4 Å². The molecular weight excluding hydrogens is 438 g/mol. The lowest BCUT2D eigenvalue weighted by atomic mass is 9.83. The van der Waals surface area contributed by atoms with Gasteiger partial charge in [0.25, 0.3) is 0 Å². The van der Waals surface area contributed by atoms with E-state index in [9.17, 15) is 9.90 Å². The highest BCUT2D eigenvalue weighted by Crippen LogP contribution is 2.43. The topological polar surface area (TPSA) is 67.8 Å². The van der Waals surface area contributed by atoms with E-state index in [4.69, 9.17) is 9.47 Å². The number of fused-ring (bicyclic) bond motifs is 2. The van der Waals surface area contributed by atoms with Crippen LogP contribution in [-0.2, 0) is 6.42 Å². The summed E-state index contributed by atoms with van der Waals surface area (Å²) in [5.74, 6) is 0.557. The largest absolute Gasteiger partial charge is 0.496 e. The van der Waals surface area contributed by atoms with Crippen molar-refractivity contribution in [3.8, 4) is 11.5 Å². The monoisotopic (exact) mass is 467 g/mol. The summed E-state index contributed by atoms with van der Waals surface area (Å²) < 4.78 is 11.9. The van der Waals surface area contributed by atoms with Gasteiger partial charge in [0.05, 0.1) is 12.7 Å². The number of aromatic carboxylic acids is 1. The van der Waals surface area contributed by atoms with Crippen molar-refractivity contribution in [2.45, 2.75) is 24.9 Å². The lowest BCUT2D eigenvalue weighted by molar-refractivity contribution is 0.0696. The Hall–Kier alpha value is -3.83. The van der Waals surface area contributed by atoms with Crippen molar-refractivity contribution in [1.82, 2.24) is 5.32 Å². The molecule has 0 radical (unpaired) electrons. The van der Waals surface area contributed by atoms with Gasteiger partial charge in [-0.2, -0.15) is 0 Å². The molecule has 0 aromatic heterocycles. The van der Waals surface area contributed by atoms with Crippen LogP contribution < -0.4 is 14.8 Å². The van der Waals surface area contributed by atoms with Gasteiger partial charge in [-0.1, -0.05) is 66.7 Å². The van der Waals surface area contributed by atoms with E-state index in [0.717, 1.165) is 42.8 Å². The second-order valence-corrected chi connectivity index (χ2v) is 8.92. The van der Waals surface area contributed by atoms with Gasteiger partial charge in [-0.05, 0) is 53.9 Å². The molecule has 2 N–H and O–H groups in total. The zero-order valence-electron chi connectivity index (χ0n) is 19.7. The third-order valence-corrected chi connectivity index (χ3v) is 6.77. The number of benzene rings is 4. The van der Waals surface area contributed by atoms with E-state index >= 15 is 0 Å². The predicted molar refractivity (Wildman–Crippen MR) is 138 cm³/mol. The molecule has 0 spiro atoms. The molecule has 0 saturated carbocycles. The number of ether oxygens (including phenoxy) is 2. The van der Waals surface area contributed by atoms with Gasteiger partial charge in [0.1, 0.15) is 17.6 Å². The number of hydrogen-bond acceptors (Lipinski definition) is 4. The first-order valence-electron chi connectivity index (χ1n) is 12.0. The molecule has 0 aliphatic carbocycles. The molecule has 0 bridgehead atoms. The van der Waals surface area contributed by atoms with Crippen LogP contribution >= 0.6 is 0 Å². The Balaban J connectivity index is 1.30. The van der Waals surface area contributed by atoms with Gasteiger partial charge in [0, 0.05) is 23.6 Å². The van der Waals surface area contributed by atoms with E-state index in [-0.39, 0.29) is 17.6 Å². The van der Waals surface area contributed by atoms with Crippen molar-refractivity contribution < 1.29 is 19.4 Å². The minimum Gasteiger partial charge on any atom is -0.496 e. The summed E-state index contributed by atoms with van der Waals surface area (Å²) >= 11 is 0. The molecule has 4 aromatic rings. The fourth-order valence-electron chi connectivity index (χ4n) is 5.04. The summed E-state index contributed by atoms with van der Waals surface area (Å²) in [6.07, 6.45) is 1.71. The van der Waals surface area contributed by atoms with Crippen molar-refractivity contribution in [3.05, 3.63) is 107 Å². The number of nitrogens with one attached hydrogen (secondary N) is 1. The summed E-state index contributed by atoms with van der Waals surface area (Å²) in [5.41, 5.74) is 3.64. The number of para-hydroxylation sites is 1. The lowest BCUT2D eigenvalue weighted by Gasteiger charge is -2.33. The number of carbonyl (C=O) groups is 1. The van der Waals surface area contributed by atoms with Gasteiger partial charge >= 0.3 is 5.97 Å². The normalized spacial score (nSPS) is 16.9. The van der Waals surface area contributed by atoms with Gasteiger partial charge in [0.15, 0.2) is 0 Å². The van der Waals surface area contributed by atoms with E-state index in [1.807, 2.05) is 24.3 Å². The van der Waals surface area contributed by atoms with Crippen LogP contribution in [0.25, 0.3) is 10.8 Å². The predicted octanol–water partition coefficient (Wildman–Crippen LogP) is 5.66. The van der Waals surface area contributed by atoms with Crippen LogP contribution in [-0.4, -0.2) is 37.4 Å². The fourth-order valence-corrected chi connectivity index (χ4v) is 5.04. The number of rotatable bonds is 8. The Kier molecular flexibility index (Phi) is 6.68. The van der Waals surface area contributed by atoms with E-state index in [2.05, 4.69) is 53.8 Å². The number of carboxylic acids is 1. The molecule has 5 heteroatoms. The van der Waals surface area contributed by atoms with Gasteiger partial charge < -0.3 is 19.9 Å². The highest BCUT2D eigenvalue weighted by atomic mass is 16.5. The molecule has 178 valence electrons. The fraction of sp³-hybridized carbons (Fsp3) is 0.233. The molecule has 4 aromatic carbocycles. The van der Waals surface area contributed by atoms with Crippen molar-refractivity contribution in [2.24, 2.45) is 0 Å². The first kappa shape index (κ1) is 22.9. The maximum absolute atomic E-state index is 11.4. The summed E-state index contributed by atoms with van der Waals surface area (Å²) in [6.45, 7) is 1.59. The lowest BCUT2D eigenvalue weighted by Crippen LogP contribution is -2.36. The molecule has 2 atom stereocenters. The van der Waals surface area contributed by atoms with Crippen molar-refractivity contribution in [2.75, 3.05) is 20.2 Å². The molecule has 5 nitrogen and oxygen atoms in total. The summed E-state index contributed by atoms with van der Waals surface area (Å²) in [7, 11) is 1.59. The van der Waals surface area contributed by atoms with Crippen LogP contribution in [0, 0.1) is 0 Å². The molecule has 0 fully saturated rings. The second kappa shape index (κ2) is 10.2. The average Bonchev–Trinajstić information content (AvgIpc) is 2.90. The third-order valence-electron chi connectivity index (χ3n) is 6.77. The number of carboxylic acid groups (broad SMARTS) is 1. The Morgan fingerprint density at radius 2 is 1.80 bits per heavy atom. The minimum absolute atomic E-state index is 0.00808. The standard InChI is InChI=1S/C30H29NO4/c1-34-29-17-22(30(32)33)13-14-26(29)27-18-23(35-28-12-5-4-11-25(27)28)19-31-16-15-21-9-6-8-20-7-2-3-10-24(20)21/h2-14,17,23,27,31H,15-16,18-19H2,1H3,(H,32,33)/t23-,27+/m1/s1. The van der Waals surface area contributed by atoms with Crippen LogP contribution in [0.3, 0.4) is 0 Å². The molecule has 1 heterocycles. The van der Waals surface area contributed by atoms with Crippen LogP contribution in [0.5, 0.6) is 11.5 Å². The maximum Gasteiger partial charge on any atom is 0.335 e. The first-order valence-corrected chi connectivity index (χ1v) is 12.0. The van der Waals surface area contributed by atoms with Gasteiger partial charge in [-0.25, -0.2) is 4.79 Å². The van der Waals surface area contributed by atoms with E-state index < -0.39 is 5.97 Å². The second-order valence-electron chi connectivity index (χ2n) is 8.92. The smallest absolute Gasteiger partial charge is 0.335 e. The minimum atomic E-state index is -0.963. The molecule has 35 heavy (non-hydrogen) atoms. The van der Waals surface area contributed by atoms with Crippen LogP contribution in [0.4, 0.5) is 0 Å². The number of methoxy groups -OCH3 is 1. The van der Waals surface area contributed by atoms with Crippen LogP contribution in [0.15, 0.2) is 84.9 Å². The number of hydrogen-bond donors (Lipinski definition) is 2. The first-order chi connectivity index (χ1) is 17.1. The molecule has 5 rings (SSSR count). The zero-order chi connectivity index (χ0) is 24.2. The van der Waals surface area contributed by atoms with Crippen molar-refractivity contribution >= 4 is 16.7 Å². The molecule has 0 amide bonds. The quantitative estimate of drug-likeness (QED) is 0.327. The molecule has 0 saturated heterocycles. The SMILES string of the molecule is COc1cc(C(=O)O)ccc1[C@H]1C[C@H](CNCCc2cccc3ccccc23)Oc2ccccc21. The van der Waals surface area contributed by atoms with Gasteiger partial charge in [0.2, 0.25) is 0 Å². The average molecular weight is 468 g/mol. The zero-order valence-corrected chi connectivity index (χ0v) is 19.7. The molecule has 0 unspecified atom stereocenters. The molecule has 1 aliphatic heterocycles. The Labute approximate surface area is 205 Å². The van der Waals surface area contributed by atoms with Crippen molar-refractivity contribution in [1.29, 1.82) is 0 Å². The molecular formula is C30H29NO4. The van der Waals surface area contributed by atoms with Gasteiger partial charge in [-0.3, -0.25) is 0 Å². The summed E-state index contributed by atoms with van der Waals surface area (Å²) in [6, 6.07) is 28.2. The third kappa shape index (κ3) is 4.86. The Morgan fingerprint density at radius 3 is 2.66 bits per heavy atom. The van der Waals surface area contributed by atoms with Gasteiger partial charge in [-0.15, -0.1) is 0 Å². The van der Waals surface area contributed by atoms with E-state index in [1.165, 1.54) is 16.3 Å². The highest BCUT2D eigenvalue weighted by molar-refractivity contribution is 5.88. The van der Waals surface area contributed by atoms with E-state index in [0.29, 0.717) is 5.75 Å². The van der Waals surface area contributed by atoms with Crippen molar-refractivity contribution in [3.63, 3.8) is 0 Å². The maximum atomic E-state index is 11.4.